The van der Waals surface area contributed by atoms with Crippen molar-refractivity contribution in [2.45, 2.75) is 0 Å². The van der Waals surface area contributed by atoms with Crippen molar-refractivity contribution in [2.75, 3.05) is 7.05 Å². The van der Waals surface area contributed by atoms with Crippen LogP contribution in [0.25, 0.3) is 33.4 Å². The fourth-order valence-electron chi connectivity index (χ4n) is 3.50. The van der Waals surface area contributed by atoms with Crippen LogP contribution in [-0.4, -0.2) is 13.0 Å². The molecule has 0 aliphatic rings. The first-order chi connectivity index (χ1) is 13.8. The summed E-state index contributed by atoms with van der Waals surface area (Å²) < 4.78 is 0. The lowest BCUT2D eigenvalue weighted by atomic mass is 9.87. The van der Waals surface area contributed by atoms with Gasteiger partial charge in [-0.05, 0) is 45.5 Å². The van der Waals surface area contributed by atoms with Gasteiger partial charge in [-0.25, -0.2) is 0 Å². The zero-order valence-electron chi connectivity index (χ0n) is 15.7. The molecule has 0 spiro atoms. The Bertz CT molecular complexity index is 1030. The maximum Gasteiger partial charge on any atom is 0.252 e. The highest BCUT2D eigenvalue weighted by Gasteiger charge is 2.19. The molecule has 2 nitrogen and oxygen atoms in total. The molecule has 0 aliphatic carbocycles. The lowest BCUT2D eigenvalue weighted by molar-refractivity contribution is 0.0964. The summed E-state index contributed by atoms with van der Waals surface area (Å²) >= 11 is 0. The third kappa shape index (κ3) is 3.45. The predicted molar refractivity (Wildman–Crippen MR) is 116 cm³/mol. The third-order valence-corrected chi connectivity index (χ3v) is 4.87. The highest BCUT2D eigenvalue weighted by Crippen LogP contribution is 2.37. The van der Waals surface area contributed by atoms with E-state index in [9.17, 15) is 4.79 Å². The number of carbonyl (C=O) groups excluding carboxylic acids is 1. The predicted octanol–water partition coefficient (Wildman–Crippen LogP) is 6.05. The molecule has 4 aromatic rings. The Balaban J connectivity index is 2.07. The first kappa shape index (κ1) is 17.7. The monoisotopic (exact) mass is 363 g/mol. The summed E-state index contributed by atoms with van der Waals surface area (Å²) in [5.41, 5.74) is 6.82. The van der Waals surface area contributed by atoms with Crippen molar-refractivity contribution in [3.8, 4) is 33.4 Å². The van der Waals surface area contributed by atoms with Crippen LogP contribution < -0.4 is 5.32 Å². The molecule has 0 radical (unpaired) electrons. The van der Waals surface area contributed by atoms with Gasteiger partial charge in [-0.2, -0.15) is 0 Å². The van der Waals surface area contributed by atoms with Crippen molar-refractivity contribution < 1.29 is 4.79 Å². The fourth-order valence-corrected chi connectivity index (χ4v) is 3.50. The van der Waals surface area contributed by atoms with Gasteiger partial charge in [0.05, 0.1) is 5.56 Å². The Morgan fingerprint density at radius 1 is 0.571 bits per heavy atom. The second-order valence-corrected chi connectivity index (χ2v) is 6.62. The quantitative estimate of drug-likeness (QED) is 0.470. The molecule has 2 heteroatoms. The van der Waals surface area contributed by atoms with E-state index in [1.807, 2.05) is 78.9 Å². The van der Waals surface area contributed by atoms with Crippen molar-refractivity contribution in [3.63, 3.8) is 0 Å². The number of carbonyl (C=O) groups is 1. The average Bonchev–Trinajstić information content (AvgIpc) is 2.79. The molecule has 0 atom stereocenters. The maximum absolute atomic E-state index is 12.9. The van der Waals surface area contributed by atoms with E-state index in [4.69, 9.17) is 0 Å². The maximum atomic E-state index is 12.9. The minimum absolute atomic E-state index is 0.0858. The van der Waals surface area contributed by atoms with Gasteiger partial charge in [-0.15, -0.1) is 0 Å². The normalized spacial score (nSPS) is 10.5. The van der Waals surface area contributed by atoms with Crippen molar-refractivity contribution in [3.05, 3.63) is 109 Å². The fraction of sp³-hybridized carbons (Fsp3) is 0.0385. The number of nitrogens with one attached hydrogen (secondary N) is 1. The second-order valence-electron chi connectivity index (χ2n) is 6.62. The van der Waals surface area contributed by atoms with E-state index in [2.05, 4.69) is 29.6 Å². The van der Waals surface area contributed by atoms with Crippen molar-refractivity contribution in [2.24, 2.45) is 0 Å². The minimum Gasteiger partial charge on any atom is -0.355 e. The van der Waals surface area contributed by atoms with E-state index in [1.54, 1.807) is 7.05 Å². The summed E-state index contributed by atoms with van der Waals surface area (Å²) in [7, 11) is 1.68. The molecule has 0 bridgehead atoms. The van der Waals surface area contributed by atoms with Crippen LogP contribution in [0.5, 0.6) is 0 Å². The van der Waals surface area contributed by atoms with Gasteiger partial charge in [0.2, 0.25) is 0 Å². The highest BCUT2D eigenvalue weighted by molar-refractivity contribution is 6.08. The van der Waals surface area contributed by atoms with E-state index < -0.39 is 0 Å². The van der Waals surface area contributed by atoms with Gasteiger partial charge in [0, 0.05) is 7.05 Å². The van der Waals surface area contributed by atoms with Gasteiger partial charge < -0.3 is 5.32 Å². The van der Waals surface area contributed by atoms with Crippen LogP contribution in [0.15, 0.2) is 103 Å². The van der Waals surface area contributed by atoms with Crippen LogP contribution in [0, 0.1) is 0 Å². The molecule has 0 aliphatic heterocycles. The first-order valence-corrected chi connectivity index (χ1v) is 9.34. The van der Waals surface area contributed by atoms with Crippen molar-refractivity contribution in [1.82, 2.24) is 5.32 Å². The van der Waals surface area contributed by atoms with E-state index >= 15 is 0 Å². The average molecular weight is 363 g/mol. The summed E-state index contributed by atoms with van der Waals surface area (Å²) in [4.78, 5) is 12.9. The topological polar surface area (TPSA) is 29.1 Å². The molecule has 4 rings (SSSR count). The van der Waals surface area contributed by atoms with Crippen LogP contribution in [0.4, 0.5) is 0 Å². The molecule has 136 valence electrons. The molecule has 1 N–H and O–H groups in total. The molecule has 28 heavy (non-hydrogen) atoms. The molecule has 0 unspecified atom stereocenters. The Kier molecular flexibility index (Phi) is 5.03. The number of amides is 1. The molecule has 4 aromatic carbocycles. The molecular formula is C26H21NO. The largest absolute Gasteiger partial charge is 0.355 e. The number of hydrogen-bond donors (Lipinski definition) is 1. The summed E-state index contributed by atoms with van der Waals surface area (Å²) in [5, 5.41) is 2.82. The van der Waals surface area contributed by atoms with Crippen LogP contribution in [-0.2, 0) is 0 Å². The van der Waals surface area contributed by atoms with Gasteiger partial charge >= 0.3 is 0 Å². The van der Waals surface area contributed by atoms with Crippen LogP contribution in [0.3, 0.4) is 0 Å². The summed E-state index contributed by atoms with van der Waals surface area (Å²) in [6.45, 7) is 0. The Labute approximate surface area is 165 Å². The standard InChI is InChI=1S/C26H21NO/c1-27-26(28)25-23(20-13-7-3-8-14-20)17-22(19-11-5-2-6-12-19)18-24(25)21-15-9-4-10-16-21/h2-18H,1H3,(H,27,28). The smallest absolute Gasteiger partial charge is 0.252 e. The van der Waals surface area contributed by atoms with Crippen LogP contribution in [0.1, 0.15) is 10.4 Å². The van der Waals surface area contributed by atoms with Gasteiger partial charge in [0.25, 0.3) is 5.91 Å². The minimum atomic E-state index is -0.0858. The molecule has 0 saturated carbocycles. The van der Waals surface area contributed by atoms with Gasteiger partial charge in [-0.3, -0.25) is 4.79 Å². The number of rotatable bonds is 4. The van der Waals surface area contributed by atoms with Gasteiger partial charge in [0.15, 0.2) is 0 Å². The third-order valence-electron chi connectivity index (χ3n) is 4.87. The van der Waals surface area contributed by atoms with Crippen molar-refractivity contribution >= 4 is 5.91 Å². The highest BCUT2D eigenvalue weighted by atomic mass is 16.1. The van der Waals surface area contributed by atoms with Crippen LogP contribution in [0.2, 0.25) is 0 Å². The summed E-state index contributed by atoms with van der Waals surface area (Å²) in [6, 6.07) is 34.7. The van der Waals surface area contributed by atoms with E-state index in [-0.39, 0.29) is 5.91 Å². The molecular weight excluding hydrogens is 342 g/mol. The van der Waals surface area contributed by atoms with E-state index in [0.29, 0.717) is 5.56 Å². The molecule has 0 heterocycles. The zero-order valence-corrected chi connectivity index (χ0v) is 15.7. The number of hydrogen-bond acceptors (Lipinski definition) is 1. The second kappa shape index (κ2) is 7.93. The van der Waals surface area contributed by atoms with Crippen molar-refractivity contribution in [1.29, 1.82) is 0 Å². The van der Waals surface area contributed by atoms with Crippen LogP contribution >= 0.6 is 0 Å². The first-order valence-electron chi connectivity index (χ1n) is 9.34. The molecule has 0 aromatic heterocycles. The Morgan fingerprint density at radius 3 is 1.36 bits per heavy atom. The SMILES string of the molecule is CNC(=O)c1c(-c2ccccc2)cc(-c2ccccc2)cc1-c1ccccc1. The summed E-state index contributed by atoms with van der Waals surface area (Å²) in [5.74, 6) is -0.0858. The number of benzene rings is 4. The molecule has 0 fully saturated rings. The van der Waals surface area contributed by atoms with Gasteiger partial charge in [0.1, 0.15) is 0 Å². The van der Waals surface area contributed by atoms with Gasteiger partial charge in [-0.1, -0.05) is 91.0 Å². The molecule has 1 amide bonds. The molecule has 0 saturated heterocycles. The Morgan fingerprint density at radius 2 is 0.964 bits per heavy atom. The Hall–Kier alpha value is -3.65. The zero-order chi connectivity index (χ0) is 19.3. The lowest BCUT2D eigenvalue weighted by Crippen LogP contribution is -2.20. The summed E-state index contributed by atoms with van der Waals surface area (Å²) in [6.07, 6.45) is 0. The van der Waals surface area contributed by atoms with E-state index in [0.717, 1.165) is 33.4 Å². The lowest BCUT2D eigenvalue weighted by Gasteiger charge is -2.17. The van der Waals surface area contributed by atoms with E-state index in [1.165, 1.54) is 0 Å².